The lowest BCUT2D eigenvalue weighted by atomic mass is 10.2. The third kappa shape index (κ3) is 2.92. The van der Waals surface area contributed by atoms with E-state index in [9.17, 15) is 0 Å². The van der Waals surface area contributed by atoms with Crippen molar-refractivity contribution in [3.63, 3.8) is 0 Å². The summed E-state index contributed by atoms with van der Waals surface area (Å²) in [4.78, 5) is 0. The normalized spacial score (nSPS) is 25.4. The predicted octanol–water partition coefficient (Wildman–Crippen LogP) is 3.20. The first-order valence-corrected chi connectivity index (χ1v) is 6.85. The second-order valence-corrected chi connectivity index (χ2v) is 5.62. The molecule has 16 heavy (non-hydrogen) atoms. The maximum absolute atomic E-state index is 5.53. The fraction of sp³-hybridized carbons (Fsp3) is 0.538. The maximum Gasteiger partial charge on any atom is 0.119 e. The van der Waals surface area contributed by atoms with Crippen LogP contribution >= 0.6 is 11.8 Å². The first-order chi connectivity index (χ1) is 7.79. The Balaban J connectivity index is 2.09. The van der Waals surface area contributed by atoms with Gasteiger partial charge in [-0.2, -0.15) is 0 Å². The van der Waals surface area contributed by atoms with Crippen molar-refractivity contribution in [3.05, 3.63) is 29.8 Å². The number of hydrogen-bond acceptors (Lipinski definition) is 3. The molecule has 0 spiro atoms. The van der Waals surface area contributed by atoms with Gasteiger partial charge in [0.25, 0.3) is 0 Å². The van der Waals surface area contributed by atoms with E-state index in [1.807, 2.05) is 24.8 Å². The Labute approximate surface area is 102 Å². The highest BCUT2D eigenvalue weighted by Crippen LogP contribution is 2.35. The molecule has 2 rings (SSSR count). The lowest BCUT2D eigenvalue weighted by molar-refractivity contribution is 0.339. The molecule has 88 valence electrons. The lowest BCUT2D eigenvalue weighted by Crippen LogP contribution is -2.28. The van der Waals surface area contributed by atoms with Crippen molar-refractivity contribution in [3.8, 4) is 5.75 Å². The maximum atomic E-state index is 5.53. The van der Waals surface area contributed by atoms with Gasteiger partial charge in [-0.3, -0.25) is 0 Å². The summed E-state index contributed by atoms with van der Waals surface area (Å²) in [5.41, 5.74) is 1.32. The zero-order valence-corrected chi connectivity index (χ0v) is 10.7. The Kier molecular flexibility index (Phi) is 4.13. The minimum Gasteiger partial charge on any atom is -0.494 e. The van der Waals surface area contributed by atoms with Crippen LogP contribution in [0.3, 0.4) is 0 Å². The molecule has 0 bridgehead atoms. The first-order valence-electron chi connectivity index (χ1n) is 5.91. The van der Waals surface area contributed by atoms with E-state index in [1.54, 1.807) is 0 Å². The van der Waals surface area contributed by atoms with Crippen LogP contribution in [0.2, 0.25) is 0 Å². The molecular weight excluding hydrogens is 218 g/mol. The Morgan fingerprint density at radius 3 is 3.12 bits per heavy atom. The molecule has 2 nitrogen and oxygen atoms in total. The van der Waals surface area contributed by atoms with Gasteiger partial charge < -0.3 is 10.1 Å². The molecule has 3 heteroatoms. The molecule has 2 atom stereocenters. The monoisotopic (exact) mass is 237 g/mol. The van der Waals surface area contributed by atoms with Crippen LogP contribution in [0.15, 0.2) is 24.3 Å². The van der Waals surface area contributed by atoms with Gasteiger partial charge in [-0.1, -0.05) is 19.1 Å². The van der Waals surface area contributed by atoms with Crippen LogP contribution in [0.5, 0.6) is 5.75 Å². The molecule has 1 aromatic carbocycles. The van der Waals surface area contributed by atoms with Gasteiger partial charge in [0, 0.05) is 5.25 Å². The van der Waals surface area contributed by atoms with Gasteiger partial charge in [0.2, 0.25) is 0 Å². The summed E-state index contributed by atoms with van der Waals surface area (Å²) in [7, 11) is 0. The van der Waals surface area contributed by atoms with Crippen molar-refractivity contribution in [1.29, 1.82) is 0 Å². The molecule has 0 aromatic heterocycles. The van der Waals surface area contributed by atoms with Gasteiger partial charge in [-0.15, -0.1) is 11.8 Å². The van der Waals surface area contributed by atoms with E-state index in [0.29, 0.717) is 5.37 Å². The van der Waals surface area contributed by atoms with E-state index < -0.39 is 0 Å². The molecular formula is C13H19NOS. The zero-order chi connectivity index (χ0) is 11.4. The van der Waals surface area contributed by atoms with Crippen molar-refractivity contribution in [2.75, 3.05) is 13.2 Å². The molecule has 1 fully saturated rings. The molecule has 0 radical (unpaired) electrons. The van der Waals surface area contributed by atoms with Crippen LogP contribution < -0.4 is 10.1 Å². The topological polar surface area (TPSA) is 21.3 Å². The first kappa shape index (κ1) is 11.8. The molecule has 1 heterocycles. The highest BCUT2D eigenvalue weighted by molar-refractivity contribution is 8.00. The third-order valence-electron chi connectivity index (χ3n) is 2.72. The van der Waals surface area contributed by atoms with E-state index >= 15 is 0 Å². The fourth-order valence-corrected chi connectivity index (χ4v) is 3.13. The van der Waals surface area contributed by atoms with Gasteiger partial charge in [0.1, 0.15) is 5.75 Å². The summed E-state index contributed by atoms with van der Waals surface area (Å²) in [5.74, 6) is 0.973. The molecule has 1 aliphatic heterocycles. The Bertz CT molecular complexity index is 342. The van der Waals surface area contributed by atoms with E-state index in [4.69, 9.17) is 4.74 Å². The summed E-state index contributed by atoms with van der Waals surface area (Å²) in [5, 5.41) is 4.70. The number of rotatable bonds is 3. The summed E-state index contributed by atoms with van der Waals surface area (Å²) in [6.07, 6.45) is 1.26. The van der Waals surface area contributed by atoms with Crippen molar-refractivity contribution < 1.29 is 4.74 Å². The van der Waals surface area contributed by atoms with Crippen LogP contribution in [0, 0.1) is 0 Å². The smallest absolute Gasteiger partial charge is 0.119 e. The van der Waals surface area contributed by atoms with Crippen molar-refractivity contribution in [2.45, 2.75) is 30.9 Å². The van der Waals surface area contributed by atoms with Crippen molar-refractivity contribution in [2.24, 2.45) is 0 Å². The molecule has 0 aliphatic carbocycles. The Morgan fingerprint density at radius 1 is 1.50 bits per heavy atom. The summed E-state index contributed by atoms with van der Waals surface area (Å²) in [6, 6.07) is 8.41. The lowest BCUT2D eigenvalue weighted by Gasteiger charge is -2.28. The molecule has 1 N–H and O–H groups in total. The average Bonchev–Trinajstić information content (AvgIpc) is 2.30. The minimum atomic E-state index is 0.421. The van der Waals surface area contributed by atoms with E-state index in [-0.39, 0.29) is 0 Å². The molecule has 0 saturated carbocycles. The second-order valence-electron chi connectivity index (χ2n) is 4.08. The van der Waals surface area contributed by atoms with E-state index in [2.05, 4.69) is 30.4 Å². The Hall–Kier alpha value is -0.670. The van der Waals surface area contributed by atoms with Gasteiger partial charge >= 0.3 is 0 Å². The highest BCUT2D eigenvalue weighted by atomic mass is 32.2. The van der Waals surface area contributed by atoms with E-state index in [1.165, 1.54) is 12.0 Å². The molecule has 1 saturated heterocycles. The van der Waals surface area contributed by atoms with Crippen LogP contribution in [0.4, 0.5) is 0 Å². The number of hydrogen-bond donors (Lipinski definition) is 1. The quantitative estimate of drug-likeness (QED) is 0.872. The van der Waals surface area contributed by atoms with Crippen molar-refractivity contribution in [1.82, 2.24) is 5.32 Å². The summed E-state index contributed by atoms with van der Waals surface area (Å²) in [6.45, 7) is 6.15. The molecule has 1 aromatic rings. The number of nitrogens with one attached hydrogen (secondary N) is 1. The fourth-order valence-electron chi connectivity index (χ4n) is 1.90. The van der Waals surface area contributed by atoms with Crippen LogP contribution in [-0.4, -0.2) is 18.4 Å². The largest absolute Gasteiger partial charge is 0.494 e. The molecule has 0 amide bonds. The number of benzene rings is 1. The Morgan fingerprint density at radius 2 is 2.38 bits per heavy atom. The zero-order valence-electron chi connectivity index (χ0n) is 9.90. The SMILES string of the molecule is CCOc1cccc(C2NCCC(C)S2)c1. The third-order valence-corrected chi connectivity index (χ3v) is 4.13. The molecule has 1 aliphatic rings. The van der Waals surface area contributed by atoms with Crippen LogP contribution in [0.25, 0.3) is 0 Å². The van der Waals surface area contributed by atoms with Crippen LogP contribution in [0.1, 0.15) is 31.2 Å². The van der Waals surface area contributed by atoms with Gasteiger partial charge in [0.05, 0.1) is 12.0 Å². The van der Waals surface area contributed by atoms with Gasteiger partial charge in [-0.05, 0) is 37.6 Å². The molecule has 2 unspecified atom stereocenters. The van der Waals surface area contributed by atoms with Gasteiger partial charge in [0.15, 0.2) is 0 Å². The summed E-state index contributed by atoms with van der Waals surface area (Å²) < 4.78 is 5.53. The van der Waals surface area contributed by atoms with E-state index in [0.717, 1.165) is 24.2 Å². The number of ether oxygens (including phenoxy) is 1. The average molecular weight is 237 g/mol. The predicted molar refractivity (Wildman–Crippen MR) is 70.0 cm³/mol. The second kappa shape index (κ2) is 5.60. The summed E-state index contributed by atoms with van der Waals surface area (Å²) >= 11 is 2.00. The van der Waals surface area contributed by atoms with Crippen molar-refractivity contribution >= 4 is 11.8 Å². The van der Waals surface area contributed by atoms with Gasteiger partial charge in [-0.25, -0.2) is 0 Å². The minimum absolute atomic E-state index is 0.421. The van der Waals surface area contributed by atoms with Crippen LogP contribution in [-0.2, 0) is 0 Å². The number of thioether (sulfide) groups is 1. The standard InChI is InChI=1S/C13H19NOS/c1-3-15-12-6-4-5-11(9-12)13-14-8-7-10(2)16-13/h4-6,9-10,13-14H,3,7-8H2,1-2H3. The highest BCUT2D eigenvalue weighted by Gasteiger charge is 2.20.